The second-order valence-electron chi connectivity index (χ2n) is 5.85. The zero-order valence-corrected chi connectivity index (χ0v) is 16.4. The van der Waals surface area contributed by atoms with E-state index in [1.54, 1.807) is 69.7 Å². The fourth-order valence-corrected chi connectivity index (χ4v) is 2.79. The molecule has 1 heterocycles. The molecule has 2 N–H and O–H groups in total. The van der Waals surface area contributed by atoms with E-state index in [9.17, 15) is 4.79 Å². The molecule has 1 amide bonds. The van der Waals surface area contributed by atoms with E-state index >= 15 is 0 Å². The maximum atomic E-state index is 12.6. The quantitative estimate of drug-likeness (QED) is 0.638. The number of halogens is 1. The number of anilines is 3. The minimum absolute atomic E-state index is 0.234. The van der Waals surface area contributed by atoms with E-state index in [1.807, 2.05) is 0 Å². The van der Waals surface area contributed by atoms with E-state index in [2.05, 4.69) is 20.6 Å². The van der Waals surface area contributed by atoms with Crippen LogP contribution < -0.4 is 20.1 Å². The van der Waals surface area contributed by atoms with Gasteiger partial charge in [0.25, 0.3) is 5.91 Å². The summed E-state index contributed by atoms with van der Waals surface area (Å²) in [7, 11) is 3.12. The summed E-state index contributed by atoms with van der Waals surface area (Å²) in [6.07, 6.45) is 0. The van der Waals surface area contributed by atoms with Crippen molar-refractivity contribution in [3.05, 3.63) is 65.1 Å². The van der Waals surface area contributed by atoms with Crippen molar-refractivity contribution in [2.75, 3.05) is 24.9 Å². The first-order valence-corrected chi connectivity index (χ1v) is 8.78. The van der Waals surface area contributed by atoms with E-state index in [4.69, 9.17) is 21.1 Å². The lowest BCUT2D eigenvalue weighted by atomic mass is 10.2. The fourth-order valence-electron chi connectivity index (χ4n) is 2.54. The van der Waals surface area contributed by atoms with Gasteiger partial charge in [-0.15, -0.1) is 0 Å². The standard InChI is InChI=1S/C20H19ClN4O3/c1-12-22-17(20(26)25-13-5-4-6-15(9-13)27-2)11-19(23-12)24-14-7-8-18(28-3)16(21)10-14/h4-11H,1-3H3,(H,25,26)(H,22,23,24). The second kappa shape index (κ2) is 8.58. The Balaban J connectivity index is 1.80. The van der Waals surface area contributed by atoms with Gasteiger partial charge in [-0.3, -0.25) is 4.79 Å². The third-order valence-corrected chi connectivity index (χ3v) is 4.12. The van der Waals surface area contributed by atoms with Gasteiger partial charge in [0.15, 0.2) is 0 Å². The summed E-state index contributed by atoms with van der Waals surface area (Å²) in [4.78, 5) is 21.1. The smallest absolute Gasteiger partial charge is 0.274 e. The Labute approximate surface area is 167 Å². The van der Waals surface area contributed by atoms with Gasteiger partial charge in [-0.05, 0) is 37.3 Å². The van der Waals surface area contributed by atoms with Crippen molar-refractivity contribution in [2.45, 2.75) is 6.92 Å². The molecule has 0 aliphatic rings. The first-order chi connectivity index (χ1) is 13.5. The molecule has 0 spiro atoms. The maximum Gasteiger partial charge on any atom is 0.274 e. The van der Waals surface area contributed by atoms with Gasteiger partial charge in [0.05, 0.1) is 19.2 Å². The third kappa shape index (κ3) is 4.69. The van der Waals surface area contributed by atoms with E-state index in [1.165, 1.54) is 0 Å². The normalized spacial score (nSPS) is 10.3. The van der Waals surface area contributed by atoms with Gasteiger partial charge in [-0.2, -0.15) is 0 Å². The third-order valence-electron chi connectivity index (χ3n) is 3.82. The summed E-state index contributed by atoms with van der Waals surface area (Å²) in [6.45, 7) is 1.72. The highest BCUT2D eigenvalue weighted by Gasteiger charge is 2.12. The van der Waals surface area contributed by atoms with Gasteiger partial charge in [0.1, 0.15) is 28.8 Å². The number of nitrogens with zero attached hydrogens (tertiary/aromatic N) is 2. The minimum Gasteiger partial charge on any atom is -0.497 e. The summed E-state index contributed by atoms with van der Waals surface area (Å²) in [5, 5.41) is 6.39. The Kier molecular flexibility index (Phi) is 5.96. The van der Waals surface area contributed by atoms with Crippen molar-refractivity contribution in [3.8, 4) is 11.5 Å². The lowest BCUT2D eigenvalue weighted by molar-refractivity contribution is 0.102. The summed E-state index contributed by atoms with van der Waals surface area (Å²) >= 11 is 6.15. The van der Waals surface area contributed by atoms with E-state index in [0.717, 1.165) is 0 Å². The van der Waals surface area contributed by atoms with Crippen molar-refractivity contribution >= 4 is 34.7 Å². The molecule has 0 saturated heterocycles. The fraction of sp³-hybridized carbons (Fsp3) is 0.150. The Morgan fingerprint density at radius 2 is 1.82 bits per heavy atom. The molecule has 0 aliphatic carbocycles. The van der Waals surface area contributed by atoms with Crippen LogP contribution >= 0.6 is 11.6 Å². The lowest BCUT2D eigenvalue weighted by Gasteiger charge is -2.11. The molecular weight excluding hydrogens is 380 g/mol. The van der Waals surface area contributed by atoms with E-state index < -0.39 is 0 Å². The molecule has 0 bridgehead atoms. The number of nitrogens with one attached hydrogen (secondary N) is 2. The second-order valence-corrected chi connectivity index (χ2v) is 6.25. The summed E-state index contributed by atoms with van der Waals surface area (Å²) in [5.74, 6) is 1.80. The molecule has 28 heavy (non-hydrogen) atoms. The average molecular weight is 399 g/mol. The first kappa shape index (κ1) is 19.4. The minimum atomic E-state index is -0.352. The number of aromatic nitrogens is 2. The zero-order valence-electron chi connectivity index (χ0n) is 15.6. The molecule has 0 radical (unpaired) electrons. The van der Waals surface area contributed by atoms with E-state index in [0.29, 0.717) is 39.5 Å². The highest BCUT2D eigenvalue weighted by atomic mass is 35.5. The highest BCUT2D eigenvalue weighted by molar-refractivity contribution is 6.32. The molecule has 8 heteroatoms. The average Bonchev–Trinajstić information content (AvgIpc) is 2.68. The molecule has 3 aromatic rings. The first-order valence-electron chi connectivity index (χ1n) is 8.40. The van der Waals surface area contributed by atoms with Gasteiger partial charge in [0, 0.05) is 23.5 Å². The van der Waals surface area contributed by atoms with Gasteiger partial charge < -0.3 is 20.1 Å². The van der Waals surface area contributed by atoms with Gasteiger partial charge in [0.2, 0.25) is 0 Å². The van der Waals surface area contributed by atoms with Crippen LogP contribution in [0.2, 0.25) is 5.02 Å². The number of methoxy groups -OCH3 is 2. The Hall–Kier alpha value is -3.32. The van der Waals surface area contributed by atoms with Crippen LogP contribution in [0.3, 0.4) is 0 Å². The number of carbonyl (C=O) groups is 1. The predicted octanol–water partition coefficient (Wildman–Crippen LogP) is 4.45. The van der Waals surface area contributed by atoms with Crippen LogP contribution in [-0.2, 0) is 0 Å². The number of hydrogen-bond donors (Lipinski definition) is 2. The molecule has 0 saturated carbocycles. The summed E-state index contributed by atoms with van der Waals surface area (Å²) in [5.41, 5.74) is 1.55. The Morgan fingerprint density at radius 3 is 2.54 bits per heavy atom. The molecular formula is C20H19ClN4O3. The Morgan fingerprint density at radius 1 is 1.00 bits per heavy atom. The molecule has 2 aromatic carbocycles. The SMILES string of the molecule is COc1cccc(NC(=O)c2cc(Nc3ccc(OC)c(Cl)c3)nc(C)n2)c1. The molecule has 7 nitrogen and oxygen atoms in total. The molecule has 144 valence electrons. The van der Waals surface area contributed by atoms with Crippen LogP contribution in [0.25, 0.3) is 0 Å². The number of amides is 1. The van der Waals surface area contributed by atoms with Crippen LogP contribution in [0.1, 0.15) is 16.3 Å². The number of aryl methyl sites for hydroxylation is 1. The van der Waals surface area contributed by atoms with Gasteiger partial charge >= 0.3 is 0 Å². The predicted molar refractivity (Wildman–Crippen MR) is 109 cm³/mol. The van der Waals surface area contributed by atoms with Crippen LogP contribution in [0, 0.1) is 6.92 Å². The summed E-state index contributed by atoms with van der Waals surface area (Å²) < 4.78 is 10.3. The Bertz CT molecular complexity index is 1010. The van der Waals surface area contributed by atoms with Gasteiger partial charge in [-0.1, -0.05) is 17.7 Å². The van der Waals surface area contributed by atoms with Crippen LogP contribution in [0.15, 0.2) is 48.5 Å². The summed E-state index contributed by atoms with van der Waals surface area (Å²) in [6, 6.07) is 13.9. The maximum absolute atomic E-state index is 12.6. The highest BCUT2D eigenvalue weighted by Crippen LogP contribution is 2.28. The largest absolute Gasteiger partial charge is 0.497 e. The monoisotopic (exact) mass is 398 g/mol. The van der Waals surface area contributed by atoms with Crippen molar-refractivity contribution in [1.29, 1.82) is 0 Å². The van der Waals surface area contributed by atoms with Crippen LogP contribution in [0.5, 0.6) is 11.5 Å². The van der Waals surface area contributed by atoms with Crippen molar-refractivity contribution in [3.63, 3.8) is 0 Å². The van der Waals surface area contributed by atoms with Crippen LogP contribution in [0.4, 0.5) is 17.2 Å². The zero-order chi connectivity index (χ0) is 20.1. The molecule has 0 unspecified atom stereocenters. The number of rotatable bonds is 6. The number of hydrogen-bond acceptors (Lipinski definition) is 6. The topological polar surface area (TPSA) is 85.4 Å². The number of ether oxygens (including phenoxy) is 2. The molecule has 0 fully saturated rings. The number of carbonyl (C=O) groups excluding carboxylic acids is 1. The molecule has 0 atom stereocenters. The lowest BCUT2D eigenvalue weighted by Crippen LogP contribution is -2.15. The molecule has 0 aliphatic heterocycles. The van der Waals surface area contributed by atoms with Gasteiger partial charge in [-0.25, -0.2) is 9.97 Å². The van der Waals surface area contributed by atoms with Crippen molar-refractivity contribution < 1.29 is 14.3 Å². The van der Waals surface area contributed by atoms with Crippen LogP contribution in [-0.4, -0.2) is 30.1 Å². The van der Waals surface area contributed by atoms with Crippen molar-refractivity contribution in [1.82, 2.24) is 9.97 Å². The van der Waals surface area contributed by atoms with E-state index in [-0.39, 0.29) is 11.6 Å². The van der Waals surface area contributed by atoms with Crippen molar-refractivity contribution in [2.24, 2.45) is 0 Å². The molecule has 1 aromatic heterocycles. The molecule has 3 rings (SSSR count). The number of benzene rings is 2.